The van der Waals surface area contributed by atoms with E-state index in [1.54, 1.807) is 13.8 Å². The van der Waals surface area contributed by atoms with E-state index in [1.807, 2.05) is 0 Å². The maximum absolute atomic E-state index is 11.9. The molecule has 0 aromatic carbocycles. The van der Waals surface area contributed by atoms with Crippen LogP contribution in [-0.2, 0) is 16.1 Å². The number of amides is 2. The maximum atomic E-state index is 11.9. The Kier molecular flexibility index (Phi) is 2.42. The van der Waals surface area contributed by atoms with Crippen molar-refractivity contribution in [1.82, 2.24) is 14.5 Å². The average Bonchev–Trinajstić information content (AvgIpc) is 2.65. The molecule has 0 atom stereocenters. The third kappa shape index (κ3) is 1.67. The summed E-state index contributed by atoms with van der Waals surface area (Å²) in [6.45, 7) is 3.65. The van der Waals surface area contributed by atoms with Crippen LogP contribution >= 0.6 is 11.5 Å². The first-order valence-corrected chi connectivity index (χ1v) is 5.60. The number of likely N-dealkylation sites (tertiary alicyclic amines) is 1. The Morgan fingerprint density at radius 1 is 1.50 bits per heavy atom. The molecule has 0 spiro atoms. The summed E-state index contributed by atoms with van der Waals surface area (Å²) in [6, 6.07) is 0. The SMILES string of the molecule is CC1(C)CC(=O)N(Cc2nnsc2N)C1=O. The summed E-state index contributed by atoms with van der Waals surface area (Å²) in [6.07, 6.45) is 0.239. The zero-order chi connectivity index (χ0) is 11.9. The van der Waals surface area contributed by atoms with Gasteiger partial charge < -0.3 is 5.73 Å². The summed E-state index contributed by atoms with van der Waals surface area (Å²) in [4.78, 5) is 24.8. The minimum Gasteiger partial charge on any atom is -0.388 e. The smallest absolute Gasteiger partial charge is 0.235 e. The van der Waals surface area contributed by atoms with Gasteiger partial charge in [-0.05, 0) is 0 Å². The summed E-state index contributed by atoms with van der Waals surface area (Å²) in [5, 5.41) is 4.24. The number of nitrogen functional groups attached to an aromatic ring is 1. The number of aromatic nitrogens is 2. The monoisotopic (exact) mass is 240 g/mol. The Hall–Kier alpha value is -1.50. The predicted molar refractivity (Wildman–Crippen MR) is 58.3 cm³/mol. The van der Waals surface area contributed by atoms with Gasteiger partial charge in [0.1, 0.15) is 10.7 Å². The molecule has 1 aromatic heterocycles. The van der Waals surface area contributed by atoms with Crippen LogP contribution in [-0.4, -0.2) is 26.3 Å². The molecule has 2 amide bonds. The van der Waals surface area contributed by atoms with Gasteiger partial charge in [0.25, 0.3) is 0 Å². The zero-order valence-corrected chi connectivity index (χ0v) is 9.87. The molecule has 2 heterocycles. The number of nitrogens with zero attached hydrogens (tertiary/aromatic N) is 3. The van der Waals surface area contributed by atoms with Crippen LogP contribution in [0.4, 0.5) is 5.00 Å². The molecule has 2 rings (SSSR count). The fourth-order valence-corrected chi connectivity index (χ4v) is 2.10. The van der Waals surface area contributed by atoms with Crippen LogP contribution < -0.4 is 5.73 Å². The van der Waals surface area contributed by atoms with Crippen LogP contribution in [0.1, 0.15) is 26.0 Å². The van der Waals surface area contributed by atoms with Crippen molar-refractivity contribution in [2.24, 2.45) is 5.41 Å². The molecule has 1 saturated heterocycles. The van der Waals surface area contributed by atoms with Crippen LogP contribution in [0, 0.1) is 5.41 Å². The van der Waals surface area contributed by atoms with Crippen molar-refractivity contribution in [3.8, 4) is 0 Å². The average molecular weight is 240 g/mol. The highest BCUT2D eigenvalue weighted by Gasteiger charge is 2.44. The van der Waals surface area contributed by atoms with Gasteiger partial charge in [0.05, 0.1) is 12.0 Å². The molecule has 2 N–H and O–H groups in total. The molecular formula is C9H12N4O2S. The van der Waals surface area contributed by atoms with Crippen LogP contribution in [0.3, 0.4) is 0 Å². The van der Waals surface area contributed by atoms with Crippen molar-refractivity contribution < 1.29 is 9.59 Å². The highest BCUT2D eigenvalue weighted by atomic mass is 32.1. The number of hydrogen-bond donors (Lipinski definition) is 1. The van der Waals surface area contributed by atoms with Gasteiger partial charge in [-0.25, -0.2) is 0 Å². The Morgan fingerprint density at radius 2 is 2.19 bits per heavy atom. The second-order valence-electron chi connectivity index (χ2n) is 4.43. The molecule has 1 aromatic rings. The van der Waals surface area contributed by atoms with E-state index in [1.165, 1.54) is 4.90 Å². The molecule has 0 unspecified atom stereocenters. The number of imide groups is 1. The van der Waals surface area contributed by atoms with Gasteiger partial charge in [-0.3, -0.25) is 14.5 Å². The Labute approximate surface area is 96.6 Å². The first-order chi connectivity index (χ1) is 7.42. The third-order valence-electron chi connectivity index (χ3n) is 2.61. The third-order valence-corrected chi connectivity index (χ3v) is 3.21. The molecule has 0 bridgehead atoms. The second-order valence-corrected chi connectivity index (χ2v) is 5.22. The van der Waals surface area contributed by atoms with E-state index in [2.05, 4.69) is 9.59 Å². The molecule has 0 aliphatic carbocycles. The summed E-state index contributed by atoms with van der Waals surface area (Å²) >= 11 is 1.06. The van der Waals surface area contributed by atoms with E-state index in [0.717, 1.165) is 11.5 Å². The Bertz CT molecular complexity index is 454. The molecule has 0 saturated carbocycles. The van der Waals surface area contributed by atoms with Crippen LogP contribution in [0.5, 0.6) is 0 Å². The van der Waals surface area contributed by atoms with Crippen LogP contribution in [0.25, 0.3) is 0 Å². The molecule has 1 aliphatic rings. The fraction of sp³-hybridized carbons (Fsp3) is 0.556. The van der Waals surface area contributed by atoms with Crippen LogP contribution in [0.15, 0.2) is 0 Å². The molecule has 6 nitrogen and oxygen atoms in total. The second kappa shape index (κ2) is 3.51. The highest BCUT2D eigenvalue weighted by molar-refractivity contribution is 7.09. The summed E-state index contributed by atoms with van der Waals surface area (Å²) < 4.78 is 3.67. The minimum absolute atomic E-state index is 0.128. The lowest BCUT2D eigenvalue weighted by atomic mass is 9.92. The first-order valence-electron chi connectivity index (χ1n) is 4.83. The van der Waals surface area contributed by atoms with E-state index in [9.17, 15) is 9.59 Å². The van der Waals surface area contributed by atoms with E-state index in [0.29, 0.717) is 10.7 Å². The van der Waals surface area contributed by atoms with Crippen molar-refractivity contribution in [2.75, 3.05) is 5.73 Å². The van der Waals surface area contributed by atoms with Gasteiger partial charge >= 0.3 is 0 Å². The number of rotatable bonds is 2. The normalized spacial score (nSPS) is 19.5. The zero-order valence-electron chi connectivity index (χ0n) is 9.06. The molecule has 1 fully saturated rings. The van der Waals surface area contributed by atoms with Gasteiger partial charge in [0.2, 0.25) is 11.8 Å². The Balaban J connectivity index is 2.21. The molecule has 86 valence electrons. The molecule has 7 heteroatoms. The number of carbonyl (C=O) groups is 2. The lowest BCUT2D eigenvalue weighted by Gasteiger charge is -2.16. The fourth-order valence-electron chi connectivity index (χ4n) is 1.66. The molecule has 1 aliphatic heterocycles. The highest BCUT2D eigenvalue weighted by Crippen LogP contribution is 2.33. The minimum atomic E-state index is -0.616. The number of carbonyl (C=O) groups excluding carboxylic acids is 2. The summed E-state index contributed by atoms with van der Waals surface area (Å²) in [7, 11) is 0. The summed E-state index contributed by atoms with van der Waals surface area (Å²) in [5.74, 6) is -0.354. The molecular weight excluding hydrogens is 228 g/mol. The van der Waals surface area contributed by atoms with Gasteiger partial charge in [-0.1, -0.05) is 18.3 Å². The Morgan fingerprint density at radius 3 is 2.62 bits per heavy atom. The molecule has 0 radical (unpaired) electrons. The lowest BCUT2D eigenvalue weighted by molar-refractivity contribution is -0.141. The first kappa shape index (κ1) is 11.0. The van der Waals surface area contributed by atoms with Crippen molar-refractivity contribution in [3.63, 3.8) is 0 Å². The largest absolute Gasteiger partial charge is 0.388 e. The van der Waals surface area contributed by atoms with Crippen molar-refractivity contribution in [1.29, 1.82) is 0 Å². The van der Waals surface area contributed by atoms with Gasteiger partial charge in [-0.2, -0.15) is 0 Å². The van der Waals surface area contributed by atoms with Crippen molar-refractivity contribution >= 4 is 28.3 Å². The number of anilines is 1. The lowest BCUT2D eigenvalue weighted by Crippen LogP contribution is -2.32. The van der Waals surface area contributed by atoms with E-state index in [4.69, 9.17) is 5.73 Å². The number of hydrogen-bond acceptors (Lipinski definition) is 6. The van der Waals surface area contributed by atoms with Gasteiger partial charge in [-0.15, -0.1) is 5.10 Å². The van der Waals surface area contributed by atoms with Gasteiger partial charge in [0, 0.05) is 18.0 Å². The topological polar surface area (TPSA) is 89.2 Å². The van der Waals surface area contributed by atoms with E-state index in [-0.39, 0.29) is 24.8 Å². The van der Waals surface area contributed by atoms with Crippen molar-refractivity contribution in [2.45, 2.75) is 26.8 Å². The van der Waals surface area contributed by atoms with Gasteiger partial charge in [0.15, 0.2) is 0 Å². The van der Waals surface area contributed by atoms with E-state index >= 15 is 0 Å². The quantitative estimate of drug-likeness (QED) is 0.756. The number of nitrogens with two attached hydrogens (primary N) is 1. The van der Waals surface area contributed by atoms with Crippen molar-refractivity contribution in [3.05, 3.63) is 5.69 Å². The predicted octanol–water partition coefficient (Wildman–Crippen LogP) is 0.405. The van der Waals surface area contributed by atoms with E-state index < -0.39 is 5.41 Å². The standard InChI is InChI=1S/C9H12N4O2S/c1-9(2)3-6(14)13(8(9)15)4-5-7(10)16-12-11-5/h3-4,10H2,1-2H3. The molecule has 16 heavy (non-hydrogen) atoms. The van der Waals surface area contributed by atoms with Crippen LogP contribution in [0.2, 0.25) is 0 Å². The maximum Gasteiger partial charge on any atom is 0.235 e. The summed E-state index contributed by atoms with van der Waals surface area (Å²) in [5.41, 5.74) is 5.50.